The first kappa shape index (κ1) is 29.1. The summed E-state index contributed by atoms with van der Waals surface area (Å²) in [5.74, 6) is -0.658. The van der Waals surface area contributed by atoms with Gasteiger partial charge in [0.05, 0.1) is 21.8 Å². The van der Waals surface area contributed by atoms with Crippen molar-refractivity contribution in [2.75, 3.05) is 11.3 Å². The van der Waals surface area contributed by atoms with Gasteiger partial charge in [-0.15, -0.1) is 0 Å². The summed E-state index contributed by atoms with van der Waals surface area (Å²) in [7, 11) is -2.58. The molecule has 42 heavy (non-hydrogen) atoms. The number of sulfonamides is 1. The zero-order valence-electron chi connectivity index (χ0n) is 23.6. The molecular weight excluding hydrogens is 554 g/mol. The molecule has 10 heteroatoms. The van der Waals surface area contributed by atoms with Crippen LogP contribution in [0.15, 0.2) is 88.6 Å². The van der Waals surface area contributed by atoms with Crippen molar-refractivity contribution in [3.05, 3.63) is 112 Å². The van der Waals surface area contributed by atoms with E-state index in [1.807, 2.05) is 18.2 Å². The van der Waals surface area contributed by atoms with Crippen LogP contribution in [0.2, 0.25) is 0 Å². The van der Waals surface area contributed by atoms with Crippen LogP contribution < -0.4 is 10.3 Å². The normalized spacial score (nSPS) is 14.0. The van der Waals surface area contributed by atoms with E-state index in [1.54, 1.807) is 55.1 Å². The number of hydrogen-bond acceptors (Lipinski definition) is 6. The van der Waals surface area contributed by atoms with Gasteiger partial charge in [-0.05, 0) is 61.6 Å². The molecule has 1 aromatic heterocycles. The Morgan fingerprint density at radius 3 is 2.29 bits per heavy atom. The van der Waals surface area contributed by atoms with Crippen LogP contribution in [0.4, 0.5) is 5.69 Å². The number of ketones is 1. The second-order valence-electron chi connectivity index (χ2n) is 10.5. The predicted molar refractivity (Wildman–Crippen MR) is 160 cm³/mol. The van der Waals surface area contributed by atoms with Crippen molar-refractivity contribution in [1.82, 2.24) is 9.36 Å². The molecule has 0 saturated heterocycles. The predicted octanol–water partition coefficient (Wildman–Crippen LogP) is 5.37. The van der Waals surface area contributed by atoms with Crippen molar-refractivity contribution >= 4 is 27.5 Å². The van der Waals surface area contributed by atoms with Crippen LogP contribution >= 0.6 is 0 Å². The summed E-state index contributed by atoms with van der Waals surface area (Å²) in [4.78, 5) is 38.4. The third-order valence-electron chi connectivity index (χ3n) is 7.81. The van der Waals surface area contributed by atoms with Gasteiger partial charge in [0.25, 0.3) is 15.6 Å². The fourth-order valence-corrected chi connectivity index (χ4v) is 6.51. The minimum Gasteiger partial charge on any atom is -0.454 e. The number of carbonyl (C=O) groups is 2. The number of rotatable bonds is 9. The van der Waals surface area contributed by atoms with E-state index in [4.69, 9.17) is 4.74 Å². The van der Waals surface area contributed by atoms with Crippen molar-refractivity contribution in [1.29, 1.82) is 0 Å². The lowest BCUT2D eigenvalue weighted by atomic mass is 9.84. The number of para-hydroxylation sites is 1. The third kappa shape index (κ3) is 6.08. The first-order valence-electron chi connectivity index (χ1n) is 13.9. The molecule has 0 unspecified atom stereocenters. The number of hydrogen-bond donors (Lipinski definition) is 1. The first-order chi connectivity index (χ1) is 20.2. The maximum Gasteiger partial charge on any atom is 0.338 e. The summed E-state index contributed by atoms with van der Waals surface area (Å²) in [6.45, 7) is 1.16. The monoisotopic (exact) mass is 587 g/mol. The van der Waals surface area contributed by atoms with Gasteiger partial charge in [0.15, 0.2) is 12.4 Å². The van der Waals surface area contributed by atoms with E-state index in [0.29, 0.717) is 22.9 Å². The van der Waals surface area contributed by atoms with Gasteiger partial charge in [-0.25, -0.2) is 17.9 Å². The second-order valence-corrected chi connectivity index (χ2v) is 12.2. The lowest BCUT2D eigenvalue weighted by Gasteiger charge is -2.22. The molecule has 4 aromatic rings. The number of Topliss-reactive ketones (excluding diaryl/α,β-unsaturated/α-hetero) is 1. The van der Waals surface area contributed by atoms with Gasteiger partial charge in [-0.3, -0.25) is 19.0 Å². The molecule has 0 bridgehead atoms. The fraction of sp³-hybridized carbons (Fsp3) is 0.281. The Morgan fingerprint density at radius 1 is 0.905 bits per heavy atom. The summed E-state index contributed by atoms with van der Waals surface area (Å²) in [5.41, 5.74) is 1.98. The summed E-state index contributed by atoms with van der Waals surface area (Å²) in [6, 6.07) is 21.6. The Balaban J connectivity index is 1.26. The molecule has 1 saturated carbocycles. The van der Waals surface area contributed by atoms with E-state index < -0.39 is 28.2 Å². The highest BCUT2D eigenvalue weighted by molar-refractivity contribution is 7.92. The maximum absolute atomic E-state index is 13.3. The number of nitrogens with one attached hydrogen (secondary N) is 1. The van der Waals surface area contributed by atoms with Crippen LogP contribution in [0.1, 0.15) is 70.0 Å². The number of carbonyl (C=O) groups excluding carboxylic acids is 2. The Hall–Kier alpha value is -4.44. The van der Waals surface area contributed by atoms with Crippen LogP contribution in [0.5, 0.6) is 0 Å². The van der Waals surface area contributed by atoms with Gasteiger partial charge >= 0.3 is 5.97 Å². The topological polar surface area (TPSA) is 116 Å². The molecule has 0 spiro atoms. The molecular formula is C32H33N3O6S. The molecule has 3 aromatic carbocycles. The zero-order valence-corrected chi connectivity index (χ0v) is 24.4. The Bertz CT molecular complexity index is 1770. The Kier molecular flexibility index (Phi) is 8.44. The standard InChI is InChI=1S/C32H33N3O6S/c1-22-30(31(37)35(34(22)2)27-13-7-4-8-14-27)33-42(39,40)28-15-9-12-26(20-28)32(38)41-21-29(36)25-18-16-24(17-19-25)23-10-5-3-6-11-23/h4,7-9,12-20,23,33H,3,5-6,10-11,21H2,1-2H3. The van der Waals surface area contributed by atoms with E-state index in [9.17, 15) is 22.8 Å². The average molecular weight is 588 g/mol. The summed E-state index contributed by atoms with van der Waals surface area (Å²) >= 11 is 0. The van der Waals surface area contributed by atoms with E-state index in [1.165, 1.54) is 47.7 Å². The molecule has 1 aliphatic carbocycles. The van der Waals surface area contributed by atoms with E-state index >= 15 is 0 Å². The van der Waals surface area contributed by atoms with Gasteiger partial charge < -0.3 is 4.74 Å². The van der Waals surface area contributed by atoms with Crippen LogP contribution in [-0.4, -0.2) is 36.1 Å². The Morgan fingerprint density at radius 2 is 1.60 bits per heavy atom. The molecule has 0 aliphatic heterocycles. The lowest BCUT2D eigenvalue weighted by molar-refractivity contribution is 0.0474. The molecule has 1 aliphatic rings. The number of esters is 1. The van der Waals surface area contributed by atoms with Crippen molar-refractivity contribution in [2.45, 2.75) is 49.8 Å². The minimum atomic E-state index is -4.24. The number of anilines is 1. The van der Waals surface area contributed by atoms with Gasteiger partial charge in [0.2, 0.25) is 0 Å². The molecule has 9 nitrogen and oxygen atoms in total. The number of nitrogens with zero attached hydrogens (tertiary/aromatic N) is 2. The average Bonchev–Trinajstić information content (AvgIpc) is 3.23. The summed E-state index contributed by atoms with van der Waals surface area (Å²) in [5, 5.41) is 0. The van der Waals surface area contributed by atoms with E-state index in [2.05, 4.69) is 4.72 Å². The van der Waals surface area contributed by atoms with Crippen molar-refractivity contribution in [3.8, 4) is 5.69 Å². The molecule has 1 fully saturated rings. The molecule has 0 amide bonds. The fourth-order valence-electron chi connectivity index (χ4n) is 5.34. The largest absolute Gasteiger partial charge is 0.454 e. The molecule has 1 heterocycles. The quantitative estimate of drug-likeness (QED) is 0.208. The first-order valence-corrected chi connectivity index (χ1v) is 15.4. The van der Waals surface area contributed by atoms with Crippen molar-refractivity contribution in [2.24, 2.45) is 7.05 Å². The van der Waals surface area contributed by atoms with E-state index in [0.717, 1.165) is 18.9 Å². The van der Waals surface area contributed by atoms with Crippen LogP contribution in [0.3, 0.4) is 0 Å². The second kappa shape index (κ2) is 12.2. The van der Waals surface area contributed by atoms with Gasteiger partial charge in [-0.2, -0.15) is 0 Å². The van der Waals surface area contributed by atoms with Crippen LogP contribution in [0.25, 0.3) is 5.69 Å². The molecule has 5 rings (SSSR count). The van der Waals surface area contributed by atoms with Crippen LogP contribution in [-0.2, 0) is 21.8 Å². The van der Waals surface area contributed by atoms with Crippen molar-refractivity contribution in [3.63, 3.8) is 0 Å². The molecule has 0 atom stereocenters. The van der Waals surface area contributed by atoms with Gasteiger partial charge in [0, 0.05) is 12.6 Å². The summed E-state index contributed by atoms with van der Waals surface area (Å²) < 4.78 is 37.0. The van der Waals surface area contributed by atoms with Gasteiger partial charge in [0.1, 0.15) is 5.69 Å². The van der Waals surface area contributed by atoms with E-state index in [-0.39, 0.29) is 21.9 Å². The lowest BCUT2D eigenvalue weighted by Crippen LogP contribution is -2.23. The molecule has 0 radical (unpaired) electrons. The highest BCUT2D eigenvalue weighted by atomic mass is 32.2. The minimum absolute atomic E-state index is 0.0372. The molecule has 1 N–H and O–H groups in total. The number of benzene rings is 3. The number of aromatic nitrogens is 2. The summed E-state index contributed by atoms with van der Waals surface area (Å²) in [6.07, 6.45) is 6.03. The van der Waals surface area contributed by atoms with Gasteiger partial charge in [-0.1, -0.05) is 67.8 Å². The van der Waals surface area contributed by atoms with Crippen LogP contribution in [0, 0.1) is 6.92 Å². The third-order valence-corrected chi connectivity index (χ3v) is 9.16. The Labute approximate surface area is 244 Å². The maximum atomic E-state index is 13.3. The van der Waals surface area contributed by atoms with Crippen molar-refractivity contribution < 1.29 is 22.7 Å². The highest BCUT2D eigenvalue weighted by Gasteiger charge is 2.24. The SMILES string of the molecule is Cc1c(NS(=O)(=O)c2cccc(C(=O)OCC(=O)c3ccc(C4CCCCC4)cc3)c2)c(=O)n(-c2ccccc2)n1C. The zero-order chi connectivity index (χ0) is 29.9. The molecule has 218 valence electrons. The smallest absolute Gasteiger partial charge is 0.338 e. The number of ether oxygens (including phenoxy) is 1. The highest BCUT2D eigenvalue weighted by Crippen LogP contribution is 2.32.